The standard InChI is InChI=1S/C24H27F3N4O3S.ClH/c1-30(10-9-24(25,26)27)15-16-3-5-17(6-4-16)22(32)29-23-28-20-19(33-2)8-7-18(21(20)35-23)31-11-13-34-14-12-31;/h3-8H,9-15H2,1-2H3,(H,28,29,32);1H. The summed E-state index contributed by atoms with van der Waals surface area (Å²) in [5.74, 6) is 0.320. The van der Waals surface area contributed by atoms with Gasteiger partial charge in [-0.3, -0.25) is 10.1 Å². The largest absolute Gasteiger partial charge is 0.494 e. The minimum absolute atomic E-state index is 0. The predicted octanol–water partition coefficient (Wildman–Crippen LogP) is 5.20. The maximum Gasteiger partial charge on any atom is 0.390 e. The molecule has 0 unspecified atom stereocenters. The first kappa shape index (κ1) is 28.0. The Kier molecular flexibility index (Phi) is 9.40. The molecule has 1 amide bonds. The van der Waals surface area contributed by atoms with Crippen LogP contribution in [0.1, 0.15) is 22.3 Å². The number of alkyl halides is 3. The second kappa shape index (κ2) is 12.1. The van der Waals surface area contributed by atoms with E-state index in [0.717, 1.165) is 29.0 Å². The Morgan fingerprint density at radius 1 is 1.19 bits per heavy atom. The maximum absolute atomic E-state index is 12.8. The minimum atomic E-state index is -4.18. The molecule has 0 radical (unpaired) electrons. The van der Waals surface area contributed by atoms with Crippen LogP contribution in [0.4, 0.5) is 24.0 Å². The Balaban J connectivity index is 0.00000361. The molecule has 1 N–H and O–H groups in total. The molecule has 1 aromatic heterocycles. The average molecular weight is 545 g/mol. The molecule has 36 heavy (non-hydrogen) atoms. The summed E-state index contributed by atoms with van der Waals surface area (Å²) in [4.78, 5) is 21.3. The van der Waals surface area contributed by atoms with Crippen molar-refractivity contribution in [2.45, 2.75) is 19.1 Å². The molecule has 0 aliphatic carbocycles. The summed E-state index contributed by atoms with van der Waals surface area (Å²) in [6.45, 7) is 3.14. The van der Waals surface area contributed by atoms with Crippen LogP contribution in [0.25, 0.3) is 10.2 Å². The number of benzene rings is 2. The van der Waals surface area contributed by atoms with E-state index in [4.69, 9.17) is 9.47 Å². The number of morpholine rings is 1. The van der Waals surface area contributed by atoms with Crippen molar-refractivity contribution in [3.8, 4) is 5.75 Å². The number of methoxy groups -OCH3 is 1. The third kappa shape index (κ3) is 7.00. The molecule has 4 rings (SSSR count). The number of halogens is 4. The number of anilines is 2. The van der Waals surface area contributed by atoms with Gasteiger partial charge in [0, 0.05) is 31.7 Å². The van der Waals surface area contributed by atoms with E-state index in [2.05, 4.69) is 15.2 Å². The summed E-state index contributed by atoms with van der Waals surface area (Å²) >= 11 is 1.38. The highest BCUT2D eigenvalue weighted by molar-refractivity contribution is 7.23. The van der Waals surface area contributed by atoms with Gasteiger partial charge >= 0.3 is 6.18 Å². The van der Waals surface area contributed by atoms with Gasteiger partial charge in [0.05, 0.1) is 37.1 Å². The Labute approximate surface area is 217 Å². The van der Waals surface area contributed by atoms with Crippen molar-refractivity contribution in [1.29, 1.82) is 0 Å². The fourth-order valence-corrected chi connectivity index (χ4v) is 4.90. The van der Waals surface area contributed by atoms with Crippen molar-refractivity contribution in [1.82, 2.24) is 9.88 Å². The predicted molar refractivity (Wildman–Crippen MR) is 138 cm³/mol. The number of hydrogen-bond donors (Lipinski definition) is 1. The number of nitrogens with one attached hydrogen (secondary N) is 1. The van der Waals surface area contributed by atoms with E-state index >= 15 is 0 Å². The molecule has 0 bridgehead atoms. The number of carbonyl (C=O) groups is 1. The summed E-state index contributed by atoms with van der Waals surface area (Å²) in [5, 5.41) is 3.32. The van der Waals surface area contributed by atoms with Crippen LogP contribution >= 0.6 is 23.7 Å². The molecule has 196 valence electrons. The van der Waals surface area contributed by atoms with E-state index in [1.807, 2.05) is 12.1 Å². The van der Waals surface area contributed by atoms with Crippen LogP contribution in [0.15, 0.2) is 36.4 Å². The van der Waals surface area contributed by atoms with Crippen molar-refractivity contribution in [2.24, 2.45) is 0 Å². The molecule has 0 atom stereocenters. The maximum atomic E-state index is 12.8. The topological polar surface area (TPSA) is 66.9 Å². The summed E-state index contributed by atoms with van der Waals surface area (Å²) in [6, 6.07) is 10.7. The van der Waals surface area contributed by atoms with Gasteiger partial charge in [-0.15, -0.1) is 12.4 Å². The van der Waals surface area contributed by atoms with Gasteiger partial charge in [0.15, 0.2) is 5.13 Å². The van der Waals surface area contributed by atoms with Crippen LogP contribution in [0.2, 0.25) is 0 Å². The highest BCUT2D eigenvalue weighted by Crippen LogP contribution is 2.39. The van der Waals surface area contributed by atoms with Gasteiger partial charge in [-0.25, -0.2) is 4.98 Å². The summed E-state index contributed by atoms with van der Waals surface area (Å²) < 4.78 is 49.1. The number of rotatable bonds is 8. The second-order valence-corrected chi connectivity index (χ2v) is 9.34. The quantitative estimate of drug-likeness (QED) is 0.420. The third-order valence-electron chi connectivity index (χ3n) is 5.72. The lowest BCUT2D eigenvalue weighted by atomic mass is 10.1. The van der Waals surface area contributed by atoms with Crippen molar-refractivity contribution < 1.29 is 27.4 Å². The van der Waals surface area contributed by atoms with E-state index < -0.39 is 12.6 Å². The second-order valence-electron chi connectivity index (χ2n) is 8.34. The zero-order chi connectivity index (χ0) is 25.0. The van der Waals surface area contributed by atoms with Crippen LogP contribution in [-0.4, -0.2) is 69.0 Å². The summed E-state index contributed by atoms with van der Waals surface area (Å²) in [7, 11) is 3.22. The highest BCUT2D eigenvalue weighted by atomic mass is 35.5. The molecule has 0 saturated carbocycles. The number of hydrogen-bond acceptors (Lipinski definition) is 7. The highest BCUT2D eigenvalue weighted by Gasteiger charge is 2.27. The van der Waals surface area contributed by atoms with E-state index in [9.17, 15) is 18.0 Å². The van der Waals surface area contributed by atoms with Crippen LogP contribution in [0.5, 0.6) is 5.75 Å². The third-order valence-corrected chi connectivity index (χ3v) is 6.72. The average Bonchev–Trinajstić information content (AvgIpc) is 3.26. The molecule has 1 saturated heterocycles. The van der Waals surface area contributed by atoms with E-state index in [1.165, 1.54) is 11.3 Å². The summed E-state index contributed by atoms with van der Waals surface area (Å²) in [5.41, 5.74) is 2.98. The van der Waals surface area contributed by atoms with Crippen LogP contribution in [0.3, 0.4) is 0 Å². The Morgan fingerprint density at radius 3 is 2.53 bits per heavy atom. The molecule has 2 aromatic carbocycles. The molecule has 12 heteroatoms. The molecule has 3 aromatic rings. The van der Waals surface area contributed by atoms with Crippen molar-refractivity contribution in [3.05, 3.63) is 47.5 Å². The lowest BCUT2D eigenvalue weighted by molar-refractivity contribution is -0.137. The fraction of sp³-hybridized carbons (Fsp3) is 0.417. The number of thiazole rings is 1. The molecule has 1 aliphatic rings. The molecular weight excluding hydrogens is 517 g/mol. The van der Waals surface area contributed by atoms with Crippen LogP contribution in [-0.2, 0) is 11.3 Å². The first-order chi connectivity index (χ1) is 16.7. The van der Waals surface area contributed by atoms with Gasteiger partial charge in [-0.2, -0.15) is 13.2 Å². The molecule has 2 heterocycles. The minimum Gasteiger partial charge on any atom is -0.494 e. The Bertz CT molecular complexity index is 1170. The zero-order valence-corrected chi connectivity index (χ0v) is 21.6. The van der Waals surface area contributed by atoms with Gasteiger partial charge < -0.3 is 19.3 Å². The smallest absolute Gasteiger partial charge is 0.390 e. The zero-order valence-electron chi connectivity index (χ0n) is 19.9. The number of fused-ring (bicyclic) bond motifs is 1. The normalized spacial score (nSPS) is 14.1. The number of ether oxygens (including phenoxy) is 2. The van der Waals surface area contributed by atoms with Crippen LogP contribution in [0, 0.1) is 0 Å². The monoisotopic (exact) mass is 544 g/mol. The lowest BCUT2D eigenvalue weighted by Gasteiger charge is -2.29. The van der Waals surface area contributed by atoms with Crippen molar-refractivity contribution in [3.63, 3.8) is 0 Å². The lowest BCUT2D eigenvalue weighted by Crippen LogP contribution is -2.36. The number of carbonyl (C=O) groups excluding carboxylic acids is 1. The molecular formula is C24H28ClF3N4O3S. The first-order valence-electron chi connectivity index (χ1n) is 11.2. The van der Waals surface area contributed by atoms with Gasteiger partial charge in [-0.05, 0) is 36.9 Å². The van der Waals surface area contributed by atoms with Gasteiger partial charge in [0.25, 0.3) is 5.91 Å². The SMILES string of the molecule is COc1ccc(N2CCOCC2)c2sc(NC(=O)c3ccc(CN(C)CCC(F)(F)F)cc3)nc12.Cl. The van der Waals surface area contributed by atoms with Crippen LogP contribution < -0.4 is 15.0 Å². The Hall–Kier alpha value is -2.60. The molecule has 7 nitrogen and oxygen atoms in total. The number of nitrogens with zero attached hydrogens (tertiary/aromatic N) is 3. The van der Waals surface area contributed by atoms with Gasteiger partial charge in [-0.1, -0.05) is 23.5 Å². The van der Waals surface area contributed by atoms with E-state index in [-0.39, 0.29) is 24.9 Å². The summed E-state index contributed by atoms with van der Waals surface area (Å²) in [6.07, 6.45) is -5.03. The van der Waals surface area contributed by atoms with Gasteiger partial charge in [0.2, 0.25) is 0 Å². The Morgan fingerprint density at radius 2 is 1.89 bits per heavy atom. The molecule has 0 spiro atoms. The van der Waals surface area contributed by atoms with Crippen molar-refractivity contribution in [2.75, 3.05) is 57.2 Å². The van der Waals surface area contributed by atoms with Gasteiger partial charge in [0.1, 0.15) is 11.3 Å². The van der Waals surface area contributed by atoms with Crippen molar-refractivity contribution >= 4 is 50.7 Å². The molecule has 1 aliphatic heterocycles. The number of amides is 1. The van der Waals surface area contributed by atoms with E-state index in [0.29, 0.717) is 41.7 Å². The fourth-order valence-electron chi connectivity index (χ4n) is 3.88. The first-order valence-corrected chi connectivity index (χ1v) is 12.0. The van der Waals surface area contributed by atoms with E-state index in [1.54, 1.807) is 43.3 Å². The number of aromatic nitrogens is 1. The molecule has 1 fully saturated rings.